The molecule has 1 fully saturated rings. The third-order valence-electron chi connectivity index (χ3n) is 3.63. The standard InChI is InChI=1S/C15H19NO4/c1-2-20-11-5-3-10(4-6-11)9-16-14(17)12-7-8-13(12)15(18)19/h3-6,12-13H,2,7-9H2,1H3,(H,16,17)(H,18,19). The molecule has 0 aliphatic heterocycles. The van der Waals surface area contributed by atoms with E-state index in [0.29, 0.717) is 26.0 Å². The van der Waals surface area contributed by atoms with Crippen molar-refractivity contribution in [2.45, 2.75) is 26.3 Å². The molecule has 5 heteroatoms. The maximum absolute atomic E-state index is 11.9. The van der Waals surface area contributed by atoms with E-state index in [0.717, 1.165) is 11.3 Å². The highest BCUT2D eigenvalue weighted by molar-refractivity contribution is 5.86. The first-order chi connectivity index (χ1) is 9.61. The third kappa shape index (κ3) is 3.29. The Hall–Kier alpha value is -2.04. The van der Waals surface area contributed by atoms with Crippen molar-refractivity contribution < 1.29 is 19.4 Å². The van der Waals surface area contributed by atoms with Crippen molar-refractivity contribution in [3.63, 3.8) is 0 Å². The van der Waals surface area contributed by atoms with Crippen molar-refractivity contribution in [2.75, 3.05) is 6.61 Å². The first-order valence-electron chi connectivity index (χ1n) is 6.84. The minimum Gasteiger partial charge on any atom is -0.494 e. The molecular weight excluding hydrogens is 258 g/mol. The van der Waals surface area contributed by atoms with Crippen molar-refractivity contribution in [3.8, 4) is 5.75 Å². The monoisotopic (exact) mass is 277 g/mol. The number of carbonyl (C=O) groups excluding carboxylic acids is 1. The van der Waals surface area contributed by atoms with Gasteiger partial charge in [0.2, 0.25) is 5.91 Å². The molecule has 0 bridgehead atoms. The molecule has 0 radical (unpaired) electrons. The van der Waals surface area contributed by atoms with Gasteiger partial charge in [0, 0.05) is 6.54 Å². The summed E-state index contributed by atoms with van der Waals surface area (Å²) in [5.41, 5.74) is 0.966. The van der Waals surface area contributed by atoms with Gasteiger partial charge in [-0.2, -0.15) is 0 Å². The number of benzene rings is 1. The highest BCUT2D eigenvalue weighted by atomic mass is 16.5. The number of carboxylic acids is 1. The molecule has 0 spiro atoms. The Morgan fingerprint density at radius 3 is 2.40 bits per heavy atom. The van der Waals surface area contributed by atoms with Crippen LogP contribution in [0.4, 0.5) is 0 Å². The average molecular weight is 277 g/mol. The molecule has 2 N–H and O–H groups in total. The molecular formula is C15H19NO4. The van der Waals surface area contributed by atoms with E-state index in [1.54, 1.807) is 0 Å². The van der Waals surface area contributed by atoms with E-state index in [9.17, 15) is 9.59 Å². The van der Waals surface area contributed by atoms with Crippen LogP contribution < -0.4 is 10.1 Å². The van der Waals surface area contributed by atoms with Crippen LogP contribution in [0.1, 0.15) is 25.3 Å². The topological polar surface area (TPSA) is 75.6 Å². The zero-order valence-corrected chi connectivity index (χ0v) is 11.5. The number of carboxylic acid groups (broad SMARTS) is 1. The van der Waals surface area contributed by atoms with Gasteiger partial charge in [0.1, 0.15) is 5.75 Å². The molecule has 1 aliphatic rings. The summed E-state index contributed by atoms with van der Waals surface area (Å²) in [4.78, 5) is 22.8. The number of carbonyl (C=O) groups is 2. The van der Waals surface area contributed by atoms with Gasteiger partial charge in [0.15, 0.2) is 0 Å². The normalized spacial score (nSPS) is 20.9. The summed E-state index contributed by atoms with van der Waals surface area (Å²) in [6.07, 6.45) is 1.25. The summed E-state index contributed by atoms with van der Waals surface area (Å²) in [6.45, 7) is 2.95. The van der Waals surface area contributed by atoms with Crippen LogP contribution in [0.25, 0.3) is 0 Å². The van der Waals surface area contributed by atoms with Crippen molar-refractivity contribution in [2.24, 2.45) is 11.8 Å². The van der Waals surface area contributed by atoms with Crippen LogP contribution in [0.5, 0.6) is 5.75 Å². The van der Waals surface area contributed by atoms with Gasteiger partial charge >= 0.3 is 5.97 Å². The maximum Gasteiger partial charge on any atom is 0.307 e. The zero-order valence-electron chi connectivity index (χ0n) is 11.5. The molecule has 1 aromatic carbocycles. The smallest absolute Gasteiger partial charge is 0.307 e. The molecule has 2 unspecified atom stereocenters. The Kier molecular flexibility index (Phi) is 4.61. The van der Waals surface area contributed by atoms with Crippen LogP contribution >= 0.6 is 0 Å². The Morgan fingerprint density at radius 2 is 1.90 bits per heavy atom. The van der Waals surface area contributed by atoms with E-state index in [-0.39, 0.29) is 11.8 Å². The van der Waals surface area contributed by atoms with Gasteiger partial charge in [0.25, 0.3) is 0 Å². The quantitative estimate of drug-likeness (QED) is 0.831. The summed E-state index contributed by atoms with van der Waals surface area (Å²) in [5, 5.41) is 11.7. The van der Waals surface area contributed by atoms with Crippen molar-refractivity contribution in [1.82, 2.24) is 5.32 Å². The van der Waals surface area contributed by atoms with Crippen LogP contribution in [0.2, 0.25) is 0 Å². The first-order valence-corrected chi connectivity index (χ1v) is 6.84. The first kappa shape index (κ1) is 14.4. The maximum atomic E-state index is 11.9. The number of rotatable bonds is 6. The van der Waals surface area contributed by atoms with E-state index >= 15 is 0 Å². The predicted octanol–water partition coefficient (Wildman–Crippen LogP) is 1.81. The number of hydrogen-bond donors (Lipinski definition) is 2. The largest absolute Gasteiger partial charge is 0.494 e. The lowest BCUT2D eigenvalue weighted by molar-refractivity contribution is -0.152. The molecule has 0 saturated heterocycles. The molecule has 108 valence electrons. The molecule has 1 aromatic rings. The second-order valence-electron chi connectivity index (χ2n) is 4.92. The fourth-order valence-electron chi connectivity index (χ4n) is 2.30. The lowest BCUT2D eigenvalue weighted by Gasteiger charge is -2.31. The second kappa shape index (κ2) is 6.41. The number of amides is 1. The van der Waals surface area contributed by atoms with E-state index < -0.39 is 11.9 Å². The summed E-state index contributed by atoms with van der Waals surface area (Å²) < 4.78 is 5.34. The molecule has 2 rings (SSSR count). The van der Waals surface area contributed by atoms with E-state index in [2.05, 4.69) is 5.32 Å². The minimum absolute atomic E-state index is 0.169. The number of aliphatic carboxylic acids is 1. The SMILES string of the molecule is CCOc1ccc(CNC(=O)C2CCC2C(=O)O)cc1. The lowest BCUT2D eigenvalue weighted by atomic mass is 9.73. The molecule has 0 heterocycles. The van der Waals surface area contributed by atoms with Crippen LogP contribution in [0, 0.1) is 11.8 Å². The molecule has 1 saturated carbocycles. The van der Waals surface area contributed by atoms with Crippen molar-refractivity contribution >= 4 is 11.9 Å². The Morgan fingerprint density at radius 1 is 1.25 bits per heavy atom. The van der Waals surface area contributed by atoms with E-state index in [1.165, 1.54) is 0 Å². The Balaban J connectivity index is 1.82. The summed E-state index contributed by atoms with van der Waals surface area (Å²) in [5.74, 6) is -1.15. The number of ether oxygens (including phenoxy) is 1. The van der Waals surface area contributed by atoms with Crippen LogP contribution in [0.3, 0.4) is 0 Å². The van der Waals surface area contributed by atoms with Gasteiger partial charge in [0.05, 0.1) is 18.4 Å². The summed E-state index contributed by atoms with van der Waals surface area (Å²) in [7, 11) is 0. The van der Waals surface area contributed by atoms with Gasteiger partial charge in [-0.1, -0.05) is 12.1 Å². The van der Waals surface area contributed by atoms with E-state index in [1.807, 2.05) is 31.2 Å². The Bertz CT molecular complexity index is 483. The van der Waals surface area contributed by atoms with Crippen LogP contribution in [-0.4, -0.2) is 23.6 Å². The fraction of sp³-hybridized carbons (Fsp3) is 0.467. The van der Waals surface area contributed by atoms with Crippen molar-refractivity contribution in [3.05, 3.63) is 29.8 Å². The van der Waals surface area contributed by atoms with E-state index in [4.69, 9.17) is 9.84 Å². The second-order valence-corrected chi connectivity index (χ2v) is 4.92. The third-order valence-corrected chi connectivity index (χ3v) is 3.63. The number of hydrogen-bond acceptors (Lipinski definition) is 3. The molecule has 1 amide bonds. The molecule has 20 heavy (non-hydrogen) atoms. The summed E-state index contributed by atoms with van der Waals surface area (Å²) in [6, 6.07) is 7.49. The molecule has 5 nitrogen and oxygen atoms in total. The average Bonchev–Trinajstić information content (AvgIpc) is 2.36. The highest BCUT2D eigenvalue weighted by Crippen LogP contribution is 2.34. The fourth-order valence-corrected chi connectivity index (χ4v) is 2.30. The predicted molar refractivity (Wildman–Crippen MR) is 73.3 cm³/mol. The molecule has 2 atom stereocenters. The molecule has 1 aliphatic carbocycles. The minimum atomic E-state index is -0.877. The van der Waals surface area contributed by atoms with Gasteiger partial charge in [-0.3, -0.25) is 9.59 Å². The van der Waals surface area contributed by atoms with Crippen LogP contribution in [0.15, 0.2) is 24.3 Å². The highest BCUT2D eigenvalue weighted by Gasteiger charge is 2.41. The van der Waals surface area contributed by atoms with Crippen molar-refractivity contribution in [1.29, 1.82) is 0 Å². The lowest BCUT2D eigenvalue weighted by Crippen LogP contribution is -2.43. The summed E-state index contributed by atoms with van der Waals surface area (Å²) >= 11 is 0. The zero-order chi connectivity index (χ0) is 14.5. The van der Waals surface area contributed by atoms with Gasteiger partial charge < -0.3 is 15.2 Å². The number of nitrogens with one attached hydrogen (secondary N) is 1. The van der Waals surface area contributed by atoms with Gasteiger partial charge in [-0.15, -0.1) is 0 Å². The van der Waals surface area contributed by atoms with Crippen LogP contribution in [-0.2, 0) is 16.1 Å². The van der Waals surface area contributed by atoms with Gasteiger partial charge in [-0.25, -0.2) is 0 Å². The Labute approximate surface area is 117 Å². The van der Waals surface area contributed by atoms with Gasteiger partial charge in [-0.05, 0) is 37.5 Å². The molecule has 0 aromatic heterocycles.